The lowest BCUT2D eigenvalue weighted by atomic mass is 9.60. The van der Waals surface area contributed by atoms with Crippen LogP contribution < -0.4 is 0 Å². The molecule has 5 aliphatic rings. The summed E-state index contributed by atoms with van der Waals surface area (Å²) in [5.74, 6) is -1.84. The minimum absolute atomic E-state index is 0.00357. The number of esters is 1. The Kier molecular flexibility index (Phi) is 6.82. The van der Waals surface area contributed by atoms with Crippen molar-refractivity contribution in [2.24, 2.45) is 35.0 Å². The first-order chi connectivity index (χ1) is 17.7. The number of hydrogen-bond acceptors (Lipinski definition) is 7. The Morgan fingerprint density at radius 3 is 2.42 bits per heavy atom. The summed E-state index contributed by atoms with van der Waals surface area (Å²) in [4.78, 5) is 28.9. The Morgan fingerprint density at radius 2 is 1.82 bits per heavy atom. The van der Waals surface area contributed by atoms with E-state index in [1.807, 2.05) is 32.0 Å². The van der Waals surface area contributed by atoms with Crippen LogP contribution >= 0.6 is 0 Å². The van der Waals surface area contributed by atoms with Gasteiger partial charge in [-0.25, -0.2) is 0 Å². The summed E-state index contributed by atoms with van der Waals surface area (Å²) in [7, 11) is 3.89. The Bertz CT molecular complexity index is 1060. The van der Waals surface area contributed by atoms with Gasteiger partial charge in [-0.2, -0.15) is 0 Å². The molecular formula is C31H47NO6. The van der Waals surface area contributed by atoms with Crippen LogP contribution in [0.15, 0.2) is 23.3 Å². The van der Waals surface area contributed by atoms with E-state index in [-0.39, 0.29) is 42.7 Å². The zero-order valence-electron chi connectivity index (χ0n) is 24.0. The predicted octanol–water partition coefficient (Wildman–Crippen LogP) is 3.41. The van der Waals surface area contributed by atoms with E-state index in [0.29, 0.717) is 23.5 Å². The molecule has 0 bridgehead atoms. The van der Waals surface area contributed by atoms with Crippen molar-refractivity contribution in [3.8, 4) is 0 Å². The number of Topliss-reactive ketones (excluding diaryl/α,β-unsaturated/α-hetero) is 1. The Labute approximate surface area is 227 Å². The van der Waals surface area contributed by atoms with E-state index in [4.69, 9.17) is 4.74 Å². The highest BCUT2D eigenvalue weighted by atomic mass is 16.6. The summed E-state index contributed by atoms with van der Waals surface area (Å²) in [6.45, 7) is 7.53. The predicted molar refractivity (Wildman–Crippen MR) is 144 cm³/mol. The molecule has 7 heteroatoms. The number of hydrogen-bond donors (Lipinski definition) is 3. The fraction of sp³-hybridized carbons (Fsp3) is 0.806. The summed E-state index contributed by atoms with van der Waals surface area (Å²) in [6.07, 6.45) is 10.9. The van der Waals surface area contributed by atoms with E-state index in [2.05, 4.69) is 13.8 Å². The zero-order valence-corrected chi connectivity index (χ0v) is 24.0. The summed E-state index contributed by atoms with van der Waals surface area (Å²) in [5, 5.41) is 34.4. The SMILES string of the molecule is CC1=C[C@H]2[C@]3(O)C(C=C(CO)C[C@]2(O)C1=O)[C@@H]1C(C)(C)[C@]1(OC(=O)[C@H](CC1CCCCC1)N(C)C)C[C@H]3C. The maximum Gasteiger partial charge on any atom is 0.323 e. The molecule has 0 aliphatic heterocycles. The van der Waals surface area contributed by atoms with Crippen LogP contribution in [0, 0.1) is 35.0 Å². The molecule has 0 radical (unpaired) electrons. The Balaban J connectivity index is 1.48. The highest BCUT2D eigenvalue weighted by Crippen LogP contribution is 2.76. The maximum absolute atomic E-state index is 13.8. The van der Waals surface area contributed by atoms with Crippen LogP contribution in [0.5, 0.6) is 0 Å². The van der Waals surface area contributed by atoms with Gasteiger partial charge in [0, 0.05) is 29.6 Å². The second kappa shape index (κ2) is 9.25. The zero-order chi connectivity index (χ0) is 27.8. The molecule has 0 aromatic rings. The quantitative estimate of drug-likeness (QED) is 0.358. The second-order valence-electron chi connectivity index (χ2n) is 14.0. The van der Waals surface area contributed by atoms with Gasteiger partial charge in [0.25, 0.3) is 0 Å². The number of likely N-dealkylation sites (N-methyl/N-ethyl adjacent to an activating group) is 1. The molecule has 0 spiro atoms. The molecule has 3 fully saturated rings. The number of rotatable bonds is 6. The first kappa shape index (κ1) is 28.0. The van der Waals surface area contributed by atoms with Gasteiger partial charge in [0.2, 0.25) is 0 Å². The van der Waals surface area contributed by atoms with Gasteiger partial charge in [0.1, 0.15) is 17.2 Å². The molecule has 0 aromatic heterocycles. The van der Waals surface area contributed by atoms with Crippen molar-refractivity contribution in [2.45, 2.75) is 102 Å². The smallest absolute Gasteiger partial charge is 0.323 e. The summed E-state index contributed by atoms with van der Waals surface area (Å²) in [5.41, 5.74) is -3.34. The Morgan fingerprint density at radius 1 is 1.16 bits per heavy atom. The monoisotopic (exact) mass is 529 g/mol. The molecular weight excluding hydrogens is 482 g/mol. The molecule has 38 heavy (non-hydrogen) atoms. The van der Waals surface area contributed by atoms with Crippen molar-refractivity contribution >= 4 is 11.8 Å². The minimum atomic E-state index is -1.78. The van der Waals surface area contributed by atoms with E-state index in [1.54, 1.807) is 13.0 Å². The van der Waals surface area contributed by atoms with Gasteiger partial charge in [0.05, 0.1) is 12.2 Å². The summed E-state index contributed by atoms with van der Waals surface area (Å²) in [6, 6.07) is -0.318. The van der Waals surface area contributed by atoms with Crippen molar-refractivity contribution in [3.05, 3.63) is 23.3 Å². The van der Waals surface area contributed by atoms with E-state index in [1.165, 1.54) is 19.3 Å². The maximum atomic E-state index is 13.8. The molecule has 212 valence electrons. The van der Waals surface area contributed by atoms with Gasteiger partial charge in [-0.15, -0.1) is 0 Å². The van der Waals surface area contributed by atoms with Crippen molar-refractivity contribution in [1.82, 2.24) is 4.90 Å². The molecule has 7 nitrogen and oxygen atoms in total. The molecule has 0 amide bonds. The van der Waals surface area contributed by atoms with Crippen LogP contribution in [0.3, 0.4) is 0 Å². The van der Waals surface area contributed by atoms with Crippen LogP contribution in [0.2, 0.25) is 0 Å². The number of carbonyl (C=O) groups is 2. The first-order valence-electron chi connectivity index (χ1n) is 14.6. The highest BCUT2D eigenvalue weighted by molar-refractivity contribution is 6.04. The van der Waals surface area contributed by atoms with Gasteiger partial charge in [0.15, 0.2) is 5.78 Å². The van der Waals surface area contributed by atoms with Gasteiger partial charge in [-0.05, 0) is 56.8 Å². The molecule has 8 atom stereocenters. The third-order valence-electron chi connectivity index (χ3n) is 11.3. The molecule has 0 aromatic carbocycles. The molecule has 0 saturated heterocycles. The van der Waals surface area contributed by atoms with Gasteiger partial charge < -0.3 is 20.1 Å². The summed E-state index contributed by atoms with van der Waals surface area (Å²) < 4.78 is 6.56. The lowest BCUT2D eigenvalue weighted by Gasteiger charge is -2.50. The lowest BCUT2D eigenvalue weighted by molar-refractivity contribution is -0.189. The number of aliphatic hydroxyl groups excluding tert-OH is 1. The number of nitrogens with zero attached hydrogens (tertiary/aromatic N) is 1. The second-order valence-corrected chi connectivity index (χ2v) is 14.0. The van der Waals surface area contributed by atoms with E-state index in [9.17, 15) is 24.9 Å². The molecule has 5 aliphatic carbocycles. The number of aliphatic hydroxyl groups is 3. The van der Waals surface area contributed by atoms with E-state index >= 15 is 0 Å². The van der Waals surface area contributed by atoms with E-state index < -0.39 is 34.1 Å². The fourth-order valence-corrected chi connectivity index (χ4v) is 9.10. The van der Waals surface area contributed by atoms with Crippen LogP contribution in [-0.4, -0.2) is 75.5 Å². The molecule has 3 saturated carbocycles. The third kappa shape index (κ3) is 3.82. The number of ketones is 1. The Hall–Kier alpha value is -1.54. The molecule has 3 N–H and O–H groups in total. The van der Waals surface area contributed by atoms with Crippen LogP contribution in [0.4, 0.5) is 0 Å². The lowest BCUT2D eigenvalue weighted by Crippen LogP contribution is -2.61. The van der Waals surface area contributed by atoms with Gasteiger partial charge in [-0.1, -0.05) is 65.0 Å². The average Bonchev–Trinajstić information content (AvgIpc) is 3.26. The number of ether oxygens (including phenoxy) is 1. The van der Waals surface area contributed by atoms with E-state index in [0.717, 1.165) is 19.3 Å². The van der Waals surface area contributed by atoms with Gasteiger partial charge in [-0.3, -0.25) is 14.5 Å². The van der Waals surface area contributed by atoms with Crippen LogP contribution in [0.25, 0.3) is 0 Å². The van der Waals surface area contributed by atoms with Crippen LogP contribution in [-0.2, 0) is 14.3 Å². The summed E-state index contributed by atoms with van der Waals surface area (Å²) >= 11 is 0. The van der Waals surface area contributed by atoms with Crippen LogP contribution in [0.1, 0.15) is 79.1 Å². The topological polar surface area (TPSA) is 107 Å². The van der Waals surface area contributed by atoms with Gasteiger partial charge >= 0.3 is 5.97 Å². The van der Waals surface area contributed by atoms with Crippen molar-refractivity contribution in [1.29, 1.82) is 0 Å². The highest BCUT2D eigenvalue weighted by Gasteiger charge is 2.83. The molecule has 0 heterocycles. The number of fused-ring (bicyclic) bond motifs is 5. The largest absolute Gasteiger partial charge is 0.457 e. The van der Waals surface area contributed by atoms with Crippen molar-refractivity contribution in [3.63, 3.8) is 0 Å². The first-order valence-corrected chi connectivity index (χ1v) is 14.6. The molecule has 1 unspecified atom stereocenters. The van der Waals surface area contributed by atoms with Crippen molar-refractivity contribution in [2.75, 3.05) is 20.7 Å². The minimum Gasteiger partial charge on any atom is -0.457 e. The van der Waals surface area contributed by atoms with Crippen molar-refractivity contribution < 1.29 is 29.6 Å². The molecule has 5 rings (SSSR count). The fourth-order valence-electron chi connectivity index (χ4n) is 9.10. The third-order valence-corrected chi connectivity index (χ3v) is 11.3. The normalized spacial score (nSPS) is 42.8. The standard InChI is InChI=1S/C31H47NO6/c1-18-12-24-29(36,26(18)34)16-21(17-33)13-22-25-28(3,4)30(25,15-19(2)31(22,24)37)38-27(35)23(32(5)6)14-20-10-8-7-9-11-20/h12-13,19-20,22-25,33,36-37H,7-11,14-17H2,1-6H3/t19-,22?,23+,24-,25-,29-,30+,31-/m1/s1. The average molecular weight is 530 g/mol. The number of carbonyl (C=O) groups excluding carboxylic acids is 2.